The van der Waals surface area contributed by atoms with Gasteiger partial charge in [0.1, 0.15) is 24.0 Å². The van der Waals surface area contributed by atoms with Crippen molar-refractivity contribution in [3.8, 4) is 5.75 Å². The molecule has 0 N–H and O–H groups in total. The lowest BCUT2D eigenvalue weighted by Gasteiger charge is -2.50. The summed E-state index contributed by atoms with van der Waals surface area (Å²) in [6, 6.07) is 10.7. The molecule has 2 saturated heterocycles. The van der Waals surface area contributed by atoms with Crippen LogP contribution in [0.3, 0.4) is 0 Å². The highest BCUT2D eigenvalue weighted by Crippen LogP contribution is 2.44. The smallest absolute Gasteiger partial charge is 0.199 e. The van der Waals surface area contributed by atoms with Gasteiger partial charge in [-0.25, -0.2) is 4.98 Å². The lowest BCUT2D eigenvalue weighted by atomic mass is 9.79. The van der Waals surface area contributed by atoms with Crippen molar-refractivity contribution < 1.29 is 46.5 Å². The maximum Gasteiger partial charge on any atom is 0.199 e. The molecule has 0 amide bonds. The van der Waals surface area contributed by atoms with Crippen molar-refractivity contribution in [3.63, 3.8) is 0 Å². The number of allylic oxidation sites excluding steroid dienone is 2. The number of hydrogen-bond donors (Lipinski definition) is 0. The zero-order chi connectivity index (χ0) is 49.6. The van der Waals surface area contributed by atoms with Crippen LogP contribution in [0.25, 0.3) is 6.08 Å². The zero-order valence-corrected chi connectivity index (χ0v) is 47.0. The van der Waals surface area contributed by atoms with Gasteiger partial charge in [0.2, 0.25) is 0 Å². The van der Waals surface area contributed by atoms with Gasteiger partial charge < -0.3 is 46.5 Å². The standard InChI is InChI=1S/C53H84BrNO10Si2/c1-16-67(17-2,18-3)65-53(33-45(59-13)32-47(63-53)48(64-66(14,15)52(8,9)10)30-37(4)21-24-43(57-11)20-19-28-54)34-49-55-42(36-60-49)31-38(5)50-40(7)51(39(6)46(62-50)27-29-56)61-35-41-22-25-44(58-12)26-23-41/h19,21-26,28-31,36,39-40,43,45-48,50-51H,16-18,20,27,32-35H2,1-15H3/b24-21+,28-19+,37-30+,38-31+/t39-,40-,43+,45+,46+,47+,48+,50-,51-,53+/m0/s1. The molecule has 67 heavy (non-hydrogen) atoms. The predicted molar refractivity (Wildman–Crippen MR) is 277 cm³/mol. The molecule has 4 rings (SSSR count). The number of benzene rings is 1. The van der Waals surface area contributed by atoms with Crippen LogP contribution in [0.4, 0.5) is 0 Å². The Bertz CT molecular complexity index is 1930. The van der Waals surface area contributed by atoms with E-state index < -0.39 is 22.4 Å². The Morgan fingerprint density at radius 3 is 2.30 bits per heavy atom. The fourth-order valence-corrected chi connectivity index (χ4v) is 13.6. The fourth-order valence-electron chi connectivity index (χ4n) is 9.19. The maximum absolute atomic E-state index is 11.9. The summed E-state index contributed by atoms with van der Waals surface area (Å²) in [7, 11) is 0.554. The van der Waals surface area contributed by atoms with E-state index in [0.29, 0.717) is 37.5 Å². The Kier molecular flexibility index (Phi) is 22.2. The first kappa shape index (κ1) is 57.1. The minimum absolute atomic E-state index is 0.00310. The normalized spacial score (nSPS) is 26.9. The second kappa shape index (κ2) is 26.1. The van der Waals surface area contributed by atoms with Gasteiger partial charge in [0.15, 0.2) is 28.3 Å². The Labute approximate surface area is 414 Å². The van der Waals surface area contributed by atoms with Gasteiger partial charge in [0.25, 0.3) is 0 Å². The summed E-state index contributed by atoms with van der Waals surface area (Å²) < 4.78 is 59.3. The first-order valence-electron chi connectivity index (χ1n) is 24.4. The third kappa shape index (κ3) is 15.7. The molecule has 1 aromatic heterocycles. The van der Waals surface area contributed by atoms with Gasteiger partial charge in [-0.15, -0.1) is 0 Å². The molecule has 0 saturated carbocycles. The van der Waals surface area contributed by atoms with E-state index in [4.69, 9.17) is 46.7 Å². The second-order valence-corrected chi connectivity index (χ2v) is 30.2. The highest BCUT2D eigenvalue weighted by Gasteiger charge is 2.52. The molecule has 14 heteroatoms. The summed E-state index contributed by atoms with van der Waals surface area (Å²) in [6.07, 6.45) is 13.9. The quantitative estimate of drug-likeness (QED) is 0.0537. The summed E-state index contributed by atoms with van der Waals surface area (Å²) >= 11 is 3.38. The van der Waals surface area contributed by atoms with E-state index >= 15 is 0 Å². The van der Waals surface area contributed by atoms with Crippen LogP contribution < -0.4 is 4.74 Å². The number of ether oxygens (including phenoxy) is 6. The lowest BCUT2D eigenvalue weighted by molar-refractivity contribution is -0.276. The molecule has 0 unspecified atom stereocenters. The van der Waals surface area contributed by atoms with Gasteiger partial charge in [-0.05, 0) is 90.9 Å². The third-order valence-corrected chi connectivity index (χ3v) is 24.1. The van der Waals surface area contributed by atoms with Crippen molar-refractivity contribution in [2.75, 3.05) is 21.3 Å². The topological polar surface area (TPSA) is 117 Å². The molecule has 2 aliphatic heterocycles. The average Bonchev–Trinajstić information content (AvgIpc) is 3.73. The molecular formula is C53H84BrNO10Si2. The highest BCUT2D eigenvalue weighted by atomic mass is 79.9. The van der Waals surface area contributed by atoms with E-state index in [1.54, 1.807) is 27.6 Å². The summed E-state index contributed by atoms with van der Waals surface area (Å²) in [4.78, 5) is 18.8. The molecule has 2 aliphatic rings. The minimum Gasteiger partial charge on any atom is -0.497 e. The third-order valence-electron chi connectivity index (χ3n) is 14.6. The number of oxazole rings is 1. The van der Waals surface area contributed by atoms with E-state index in [1.807, 2.05) is 41.4 Å². The van der Waals surface area contributed by atoms with Crippen LogP contribution in [0.15, 0.2) is 75.4 Å². The van der Waals surface area contributed by atoms with Gasteiger partial charge in [-0.1, -0.05) is 113 Å². The van der Waals surface area contributed by atoms with Crippen molar-refractivity contribution in [1.82, 2.24) is 4.98 Å². The summed E-state index contributed by atoms with van der Waals surface area (Å²) in [5.74, 6) is 0.244. The number of halogens is 1. The van der Waals surface area contributed by atoms with Crippen LogP contribution in [0, 0.1) is 11.8 Å². The highest BCUT2D eigenvalue weighted by molar-refractivity contribution is 9.11. The number of nitrogens with zero attached hydrogens (tertiary/aromatic N) is 1. The molecular weight excluding hydrogens is 947 g/mol. The van der Waals surface area contributed by atoms with Crippen LogP contribution in [0.1, 0.15) is 112 Å². The van der Waals surface area contributed by atoms with Crippen molar-refractivity contribution >= 4 is 44.9 Å². The molecule has 0 radical (unpaired) electrons. The van der Waals surface area contributed by atoms with Crippen molar-refractivity contribution in [2.45, 2.75) is 193 Å². The van der Waals surface area contributed by atoms with Crippen molar-refractivity contribution in [3.05, 3.63) is 88.1 Å². The Morgan fingerprint density at radius 2 is 1.72 bits per heavy atom. The molecule has 2 fully saturated rings. The Morgan fingerprint density at radius 1 is 1.03 bits per heavy atom. The van der Waals surface area contributed by atoms with Crippen LogP contribution in [0.2, 0.25) is 36.3 Å². The largest absolute Gasteiger partial charge is 0.497 e. The van der Waals surface area contributed by atoms with Crippen LogP contribution in [0.5, 0.6) is 5.75 Å². The zero-order valence-electron chi connectivity index (χ0n) is 43.4. The molecule has 376 valence electrons. The molecule has 3 heterocycles. The number of rotatable bonds is 25. The van der Waals surface area contributed by atoms with Crippen LogP contribution in [-0.4, -0.2) is 97.7 Å². The number of aldehydes is 1. The predicted octanol–water partition coefficient (Wildman–Crippen LogP) is 13.0. The van der Waals surface area contributed by atoms with Gasteiger partial charge >= 0.3 is 0 Å². The lowest BCUT2D eigenvalue weighted by Crippen LogP contribution is -2.59. The number of carbonyl (C=O) groups is 1. The van der Waals surface area contributed by atoms with Gasteiger partial charge in [0.05, 0.1) is 62.9 Å². The van der Waals surface area contributed by atoms with Gasteiger partial charge in [0, 0.05) is 45.3 Å². The average molecular weight is 1030 g/mol. The van der Waals surface area contributed by atoms with E-state index in [9.17, 15) is 4.79 Å². The van der Waals surface area contributed by atoms with E-state index in [-0.39, 0.29) is 66.0 Å². The second-order valence-electron chi connectivity index (χ2n) is 20.3. The Hall–Kier alpha value is -2.51. The minimum atomic E-state index is -2.32. The number of methoxy groups -OCH3 is 3. The molecule has 1 aromatic carbocycles. The van der Waals surface area contributed by atoms with E-state index in [2.05, 4.69) is 116 Å². The molecule has 11 nitrogen and oxygen atoms in total. The van der Waals surface area contributed by atoms with Gasteiger partial charge in [-0.3, -0.25) is 0 Å². The molecule has 2 aromatic rings. The number of carbonyl (C=O) groups excluding carboxylic acids is 1. The first-order chi connectivity index (χ1) is 31.7. The maximum atomic E-state index is 11.9. The van der Waals surface area contributed by atoms with Crippen molar-refractivity contribution in [2.24, 2.45) is 11.8 Å². The monoisotopic (exact) mass is 1030 g/mol. The molecule has 0 aliphatic carbocycles. The van der Waals surface area contributed by atoms with Crippen LogP contribution in [-0.2, 0) is 50.4 Å². The van der Waals surface area contributed by atoms with E-state index in [1.165, 1.54) is 0 Å². The molecule has 0 bridgehead atoms. The SMILES string of the molecule is CC[Si](CC)(CC)O[C@@]1(Cc2nc(/C=C(\C)[C@@H]3O[C@H](CC=O)[C@H](C)[C@H](OCc4ccc(OC)cc4)[C@H]3C)co2)C[C@H](OC)C[C@H]([C@@H](/C=C(C)/C=C/[C@@H](C/C=C/Br)OC)O[Si](C)(C)C(C)(C)C)O1. The number of aromatic nitrogens is 1. The fraction of sp³-hybridized carbons (Fsp3) is 0.660. The molecule has 0 spiro atoms. The first-order valence-corrected chi connectivity index (χ1v) is 30.8. The summed E-state index contributed by atoms with van der Waals surface area (Å²) in [5, 5.41) is -0.0387. The number of hydrogen-bond acceptors (Lipinski definition) is 11. The Balaban J connectivity index is 1.71. The van der Waals surface area contributed by atoms with Crippen LogP contribution >= 0.6 is 15.9 Å². The van der Waals surface area contributed by atoms with Gasteiger partial charge in [-0.2, -0.15) is 0 Å². The van der Waals surface area contributed by atoms with E-state index in [0.717, 1.165) is 53.3 Å². The summed E-state index contributed by atoms with van der Waals surface area (Å²) in [5.41, 5.74) is 3.75. The van der Waals surface area contributed by atoms with Crippen molar-refractivity contribution in [1.29, 1.82) is 0 Å². The summed E-state index contributed by atoms with van der Waals surface area (Å²) in [6.45, 7) is 27.0. The molecule has 10 atom stereocenters.